The topological polar surface area (TPSA) is 52.3 Å². The number of hydrogen-bond donors (Lipinski definition) is 1. The number of benzene rings is 1. The summed E-state index contributed by atoms with van der Waals surface area (Å²) in [6.07, 6.45) is 0.878. The molecule has 5 heteroatoms. The van der Waals surface area contributed by atoms with Crippen molar-refractivity contribution in [1.29, 1.82) is 0 Å². The quantitative estimate of drug-likeness (QED) is 0.840. The van der Waals surface area contributed by atoms with Crippen molar-refractivity contribution in [2.24, 2.45) is 5.73 Å². The van der Waals surface area contributed by atoms with E-state index in [4.69, 9.17) is 10.5 Å². The van der Waals surface area contributed by atoms with Crippen LogP contribution in [0.1, 0.15) is 12.0 Å². The molecule has 0 bridgehead atoms. The Morgan fingerprint density at radius 1 is 1.40 bits per heavy atom. The third-order valence-corrected chi connectivity index (χ3v) is 5.29. The maximum atomic E-state index is 11.5. The third kappa shape index (κ3) is 3.46. The maximum absolute atomic E-state index is 11.5. The SMILES string of the molecule is COc1ccc(CS[C@H]2C[C@H](C(N)=O)[N+](C)(C)C2)cc1. The summed E-state index contributed by atoms with van der Waals surface area (Å²) in [4.78, 5) is 11.5. The molecule has 1 heterocycles. The van der Waals surface area contributed by atoms with Crippen molar-refractivity contribution in [2.45, 2.75) is 23.5 Å². The Morgan fingerprint density at radius 3 is 2.55 bits per heavy atom. The fraction of sp³-hybridized carbons (Fsp3) is 0.533. The zero-order valence-electron chi connectivity index (χ0n) is 12.3. The van der Waals surface area contributed by atoms with Crippen LogP contribution in [0.4, 0.5) is 0 Å². The number of quaternary nitrogens is 1. The second-order valence-corrected chi connectivity index (χ2v) is 7.18. The first kappa shape index (κ1) is 15.2. The molecule has 2 rings (SSSR count). The summed E-state index contributed by atoms with van der Waals surface area (Å²) in [5.41, 5.74) is 6.78. The Kier molecular flexibility index (Phi) is 4.60. The lowest BCUT2D eigenvalue weighted by Crippen LogP contribution is -2.50. The van der Waals surface area contributed by atoms with E-state index in [1.807, 2.05) is 23.9 Å². The van der Waals surface area contributed by atoms with Gasteiger partial charge >= 0.3 is 0 Å². The minimum absolute atomic E-state index is 0.0524. The first-order valence-electron chi connectivity index (χ1n) is 6.79. The smallest absolute Gasteiger partial charge is 0.275 e. The molecule has 0 radical (unpaired) electrons. The largest absolute Gasteiger partial charge is 0.497 e. The summed E-state index contributed by atoms with van der Waals surface area (Å²) in [5, 5.41) is 0.490. The Bertz CT molecular complexity index is 473. The number of carbonyl (C=O) groups is 1. The minimum Gasteiger partial charge on any atom is -0.497 e. The van der Waals surface area contributed by atoms with Crippen molar-refractivity contribution in [3.63, 3.8) is 0 Å². The normalized spacial score (nSPS) is 24.6. The lowest BCUT2D eigenvalue weighted by molar-refractivity contribution is -0.892. The van der Waals surface area contributed by atoms with E-state index in [2.05, 4.69) is 26.2 Å². The van der Waals surface area contributed by atoms with Gasteiger partial charge in [-0.3, -0.25) is 4.79 Å². The lowest BCUT2D eigenvalue weighted by Gasteiger charge is -2.29. The van der Waals surface area contributed by atoms with Crippen LogP contribution in [0.25, 0.3) is 0 Å². The van der Waals surface area contributed by atoms with Crippen LogP contribution in [0.5, 0.6) is 5.75 Å². The molecule has 1 amide bonds. The van der Waals surface area contributed by atoms with Crippen LogP contribution in [0, 0.1) is 0 Å². The molecule has 1 aromatic rings. The van der Waals surface area contributed by atoms with E-state index >= 15 is 0 Å². The summed E-state index contributed by atoms with van der Waals surface area (Å²) in [7, 11) is 5.85. The van der Waals surface area contributed by atoms with Crippen LogP contribution < -0.4 is 10.5 Å². The molecule has 0 unspecified atom stereocenters. The Balaban J connectivity index is 1.90. The van der Waals surface area contributed by atoms with Crippen LogP contribution in [0.2, 0.25) is 0 Å². The molecular formula is C15H23N2O2S+. The monoisotopic (exact) mass is 295 g/mol. The van der Waals surface area contributed by atoms with Gasteiger partial charge in [0.1, 0.15) is 5.75 Å². The van der Waals surface area contributed by atoms with Crippen LogP contribution in [0.15, 0.2) is 24.3 Å². The van der Waals surface area contributed by atoms with Gasteiger partial charge in [-0.1, -0.05) is 12.1 Å². The van der Waals surface area contributed by atoms with Crippen LogP contribution in [0.3, 0.4) is 0 Å². The summed E-state index contributed by atoms with van der Waals surface area (Å²) >= 11 is 1.91. The highest BCUT2D eigenvalue weighted by molar-refractivity contribution is 7.99. The first-order valence-corrected chi connectivity index (χ1v) is 7.84. The number of amides is 1. The highest BCUT2D eigenvalue weighted by atomic mass is 32.2. The van der Waals surface area contributed by atoms with E-state index in [9.17, 15) is 4.79 Å². The molecule has 4 nitrogen and oxygen atoms in total. The van der Waals surface area contributed by atoms with Gasteiger partial charge < -0.3 is 15.0 Å². The van der Waals surface area contributed by atoms with E-state index in [0.717, 1.165) is 24.5 Å². The van der Waals surface area contributed by atoms with Gasteiger partial charge in [-0.25, -0.2) is 0 Å². The van der Waals surface area contributed by atoms with Crippen LogP contribution in [-0.2, 0) is 10.5 Å². The van der Waals surface area contributed by atoms with Crippen molar-refractivity contribution in [3.05, 3.63) is 29.8 Å². The molecule has 1 saturated heterocycles. The second-order valence-electron chi connectivity index (χ2n) is 5.90. The van der Waals surface area contributed by atoms with Gasteiger partial charge in [0.2, 0.25) is 0 Å². The maximum Gasteiger partial charge on any atom is 0.275 e. The highest BCUT2D eigenvalue weighted by Gasteiger charge is 2.44. The number of nitrogens with two attached hydrogens (primary N) is 1. The Hall–Kier alpha value is -1.20. The molecule has 0 aliphatic carbocycles. The Labute approximate surface area is 124 Å². The number of likely N-dealkylation sites (tertiary alicyclic amines) is 1. The predicted octanol–water partition coefficient (Wildman–Crippen LogP) is 1.63. The number of hydrogen-bond acceptors (Lipinski definition) is 3. The molecule has 0 spiro atoms. The van der Waals surface area contributed by atoms with E-state index in [0.29, 0.717) is 9.73 Å². The third-order valence-electron chi connectivity index (χ3n) is 3.98. The fourth-order valence-electron chi connectivity index (χ4n) is 2.78. The van der Waals surface area contributed by atoms with Crippen molar-refractivity contribution in [3.8, 4) is 5.75 Å². The molecule has 1 aliphatic heterocycles. The molecular weight excluding hydrogens is 272 g/mol. The van der Waals surface area contributed by atoms with Gasteiger partial charge in [0, 0.05) is 12.2 Å². The molecule has 0 saturated carbocycles. The molecule has 110 valence electrons. The van der Waals surface area contributed by atoms with E-state index in [-0.39, 0.29) is 11.9 Å². The second kappa shape index (κ2) is 6.06. The fourth-order valence-corrected chi connectivity index (χ4v) is 4.21. The van der Waals surface area contributed by atoms with Crippen molar-refractivity contribution >= 4 is 17.7 Å². The predicted molar refractivity (Wildman–Crippen MR) is 82.7 cm³/mol. The summed E-state index contributed by atoms with van der Waals surface area (Å²) in [6.45, 7) is 0.994. The molecule has 2 atom stereocenters. The van der Waals surface area contributed by atoms with E-state index in [1.54, 1.807) is 7.11 Å². The number of likely N-dealkylation sites (N-methyl/N-ethyl adjacent to an activating group) is 1. The number of ether oxygens (including phenoxy) is 1. The van der Waals surface area contributed by atoms with Crippen molar-refractivity contribution in [2.75, 3.05) is 27.7 Å². The van der Waals surface area contributed by atoms with Gasteiger partial charge in [-0.15, -0.1) is 11.8 Å². The molecule has 2 N–H and O–H groups in total. The van der Waals surface area contributed by atoms with E-state index in [1.165, 1.54) is 5.56 Å². The van der Waals surface area contributed by atoms with Gasteiger partial charge in [0.25, 0.3) is 5.91 Å². The summed E-state index contributed by atoms with van der Waals surface area (Å²) in [5.74, 6) is 1.66. The molecule has 1 aliphatic rings. The standard InChI is InChI=1S/C15H22N2O2S/c1-17(2)9-13(8-14(17)15(16)18)20-10-11-4-6-12(19-3)7-5-11/h4-7,13-14H,8-10H2,1-3H3,(H-,16,18)/p+1/t13-,14+/m0/s1. The zero-order chi connectivity index (χ0) is 14.8. The summed E-state index contributed by atoms with van der Waals surface area (Å²) in [6, 6.07) is 8.09. The van der Waals surface area contributed by atoms with Crippen LogP contribution >= 0.6 is 11.8 Å². The summed E-state index contributed by atoms with van der Waals surface area (Å²) < 4.78 is 5.86. The van der Waals surface area contributed by atoms with Gasteiger partial charge in [-0.2, -0.15) is 0 Å². The average Bonchev–Trinajstić information content (AvgIpc) is 2.72. The number of nitrogens with zero attached hydrogens (tertiary/aromatic N) is 1. The highest BCUT2D eigenvalue weighted by Crippen LogP contribution is 2.32. The first-order chi connectivity index (χ1) is 9.42. The van der Waals surface area contributed by atoms with Gasteiger partial charge in [0.05, 0.1) is 33.0 Å². The Morgan fingerprint density at radius 2 is 2.05 bits per heavy atom. The molecule has 0 aromatic heterocycles. The number of primary amides is 1. The molecule has 20 heavy (non-hydrogen) atoms. The van der Waals surface area contributed by atoms with Gasteiger partial charge in [0.15, 0.2) is 6.04 Å². The minimum atomic E-state index is -0.178. The number of thioether (sulfide) groups is 1. The van der Waals surface area contributed by atoms with Crippen LogP contribution in [-0.4, -0.2) is 49.4 Å². The number of carbonyl (C=O) groups excluding carboxylic acids is 1. The van der Waals surface area contributed by atoms with Gasteiger partial charge in [-0.05, 0) is 17.7 Å². The van der Waals surface area contributed by atoms with Crippen molar-refractivity contribution < 1.29 is 14.0 Å². The number of rotatable bonds is 5. The van der Waals surface area contributed by atoms with E-state index < -0.39 is 0 Å². The average molecular weight is 295 g/mol. The lowest BCUT2D eigenvalue weighted by atomic mass is 10.2. The van der Waals surface area contributed by atoms with Crippen molar-refractivity contribution in [1.82, 2.24) is 0 Å². The molecule has 1 fully saturated rings. The zero-order valence-corrected chi connectivity index (χ0v) is 13.2. The number of methoxy groups -OCH3 is 1. The molecule has 1 aromatic carbocycles.